The summed E-state index contributed by atoms with van der Waals surface area (Å²) in [7, 11) is -4.93. The van der Waals surface area contributed by atoms with E-state index >= 15 is 0 Å². The maximum atomic E-state index is 14.2. The van der Waals surface area contributed by atoms with E-state index in [0.29, 0.717) is 42.2 Å². The molecule has 9 unspecified atom stereocenters. The van der Waals surface area contributed by atoms with E-state index in [1.54, 1.807) is 0 Å². The highest BCUT2D eigenvalue weighted by molar-refractivity contribution is 6.70. The number of hydrogen-bond donors (Lipinski definition) is 0. The SMILES string of the molecule is CC12CC(=O)C3C(CCC4CC(O[Si](C)(C)C)CCC43C)C1CCC2C(CO[Si](C)(C)C)O[Si](C)(C)C. The topological polar surface area (TPSA) is 44.8 Å². The Morgan fingerprint density at radius 2 is 1.51 bits per heavy atom. The van der Waals surface area contributed by atoms with Crippen molar-refractivity contribution in [2.75, 3.05) is 6.61 Å². The first-order chi connectivity index (χ1) is 16.8. The summed E-state index contributed by atoms with van der Waals surface area (Å²) in [4.78, 5) is 14.2. The summed E-state index contributed by atoms with van der Waals surface area (Å²) >= 11 is 0. The summed E-state index contributed by atoms with van der Waals surface area (Å²) in [6, 6.07) is 0. The van der Waals surface area contributed by atoms with Crippen molar-refractivity contribution in [3.05, 3.63) is 0 Å². The smallest absolute Gasteiger partial charge is 0.184 e. The predicted octanol–water partition coefficient (Wildman–Crippen LogP) is 8.12. The van der Waals surface area contributed by atoms with E-state index in [-0.39, 0.29) is 22.9 Å². The Morgan fingerprint density at radius 3 is 2.11 bits per heavy atom. The highest BCUT2D eigenvalue weighted by Gasteiger charge is 2.64. The van der Waals surface area contributed by atoms with Gasteiger partial charge in [0, 0.05) is 18.4 Å². The molecule has 214 valence electrons. The molecule has 0 bridgehead atoms. The van der Waals surface area contributed by atoms with E-state index in [4.69, 9.17) is 13.3 Å². The third-order valence-corrected chi connectivity index (χ3v) is 13.6. The lowest BCUT2D eigenvalue weighted by atomic mass is 9.44. The number of carbonyl (C=O) groups excluding carboxylic acids is 1. The van der Waals surface area contributed by atoms with E-state index in [0.717, 1.165) is 19.3 Å². The third kappa shape index (κ3) is 6.42. The quantitative estimate of drug-likeness (QED) is 0.278. The van der Waals surface area contributed by atoms with Crippen molar-refractivity contribution in [1.82, 2.24) is 0 Å². The second-order valence-electron chi connectivity index (χ2n) is 16.7. The van der Waals surface area contributed by atoms with Gasteiger partial charge in [-0.15, -0.1) is 0 Å². The molecule has 0 aliphatic heterocycles. The van der Waals surface area contributed by atoms with Gasteiger partial charge in [-0.05, 0) is 138 Å². The summed E-state index contributed by atoms with van der Waals surface area (Å²) in [6.07, 6.45) is 9.71. The van der Waals surface area contributed by atoms with Gasteiger partial charge >= 0.3 is 0 Å². The predicted molar refractivity (Wildman–Crippen MR) is 161 cm³/mol. The van der Waals surface area contributed by atoms with E-state index in [2.05, 4.69) is 72.8 Å². The number of hydrogen-bond acceptors (Lipinski definition) is 4. The minimum Gasteiger partial charge on any atom is -0.415 e. The van der Waals surface area contributed by atoms with Crippen molar-refractivity contribution in [2.24, 2.45) is 40.4 Å². The molecule has 9 atom stereocenters. The second kappa shape index (κ2) is 10.2. The number of rotatable bonds is 8. The average Bonchev–Trinajstić information content (AvgIpc) is 3.05. The Labute approximate surface area is 231 Å². The maximum Gasteiger partial charge on any atom is 0.184 e. The van der Waals surface area contributed by atoms with Gasteiger partial charge in [-0.25, -0.2) is 0 Å². The van der Waals surface area contributed by atoms with Crippen LogP contribution in [0.3, 0.4) is 0 Å². The molecule has 0 radical (unpaired) electrons. The van der Waals surface area contributed by atoms with Gasteiger partial charge < -0.3 is 13.3 Å². The van der Waals surface area contributed by atoms with Gasteiger partial charge in [-0.3, -0.25) is 4.79 Å². The van der Waals surface area contributed by atoms with Crippen molar-refractivity contribution < 1.29 is 18.1 Å². The van der Waals surface area contributed by atoms with Crippen molar-refractivity contribution in [3.63, 3.8) is 0 Å². The molecule has 0 saturated heterocycles. The molecule has 0 heterocycles. The minimum atomic E-state index is -1.74. The van der Waals surface area contributed by atoms with Crippen molar-refractivity contribution in [3.8, 4) is 0 Å². The minimum absolute atomic E-state index is 0.0483. The van der Waals surface area contributed by atoms with Crippen LogP contribution in [-0.4, -0.2) is 49.6 Å². The van der Waals surface area contributed by atoms with Crippen LogP contribution in [0.4, 0.5) is 0 Å². The summed E-state index contributed by atoms with van der Waals surface area (Å²) in [5, 5.41) is 0. The summed E-state index contributed by atoms with van der Waals surface area (Å²) < 4.78 is 19.9. The first kappa shape index (κ1) is 30.2. The molecule has 0 amide bonds. The lowest BCUT2D eigenvalue weighted by Crippen LogP contribution is -2.59. The molecule has 4 fully saturated rings. The van der Waals surface area contributed by atoms with Gasteiger partial charge in [0.05, 0.1) is 12.7 Å². The zero-order valence-electron chi connectivity index (χ0n) is 26.0. The number of carbonyl (C=O) groups is 1. The Kier molecular flexibility index (Phi) is 8.34. The Morgan fingerprint density at radius 1 is 0.838 bits per heavy atom. The number of ketones is 1. The van der Waals surface area contributed by atoms with Gasteiger partial charge in [-0.2, -0.15) is 0 Å². The molecule has 0 aromatic heterocycles. The van der Waals surface area contributed by atoms with Crippen LogP contribution in [-0.2, 0) is 18.1 Å². The molecule has 4 nitrogen and oxygen atoms in total. The van der Waals surface area contributed by atoms with Crippen LogP contribution < -0.4 is 0 Å². The molecule has 0 aromatic carbocycles. The Bertz CT molecular complexity index is 843. The maximum absolute atomic E-state index is 14.2. The monoisotopic (exact) mass is 566 g/mol. The van der Waals surface area contributed by atoms with Gasteiger partial charge in [0.15, 0.2) is 25.0 Å². The van der Waals surface area contributed by atoms with Crippen molar-refractivity contribution in [1.29, 1.82) is 0 Å². The highest BCUT2D eigenvalue weighted by atomic mass is 28.4. The van der Waals surface area contributed by atoms with Crippen LogP contribution in [0.1, 0.15) is 65.2 Å². The van der Waals surface area contributed by atoms with Crippen LogP contribution in [0.25, 0.3) is 0 Å². The molecule has 4 saturated carbocycles. The summed E-state index contributed by atoms with van der Waals surface area (Å²) in [5.41, 5.74) is 0.209. The summed E-state index contributed by atoms with van der Waals surface area (Å²) in [5.74, 6) is 3.10. The molecule has 0 N–H and O–H groups in total. The number of fused-ring (bicyclic) bond motifs is 5. The van der Waals surface area contributed by atoms with Crippen LogP contribution in [0, 0.1) is 40.4 Å². The Balaban J connectivity index is 1.55. The molecule has 4 rings (SSSR count). The lowest BCUT2D eigenvalue weighted by Gasteiger charge is -2.60. The molecule has 0 aromatic rings. The fourth-order valence-corrected chi connectivity index (χ4v) is 12.3. The summed E-state index contributed by atoms with van der Waals surface area (Å²) in [6.45, 7) is 26.3. The average molecular weight is 567 g/mol. The van der Waals surface area contributed by atoms with Gasteiger partial charge in [0.25, 0.3) is 0 Å². The molecule has 37 heavy (non-hydrogen) atoms. The fraction of sp³-hybridized carbons (Fsp3) is 0.967. The first-order valence-corrected chi connectivity index (χ1v) is 25.6. The zero-order valence-corrected chi connectivity index (χ0v) is 29.0. The normalized spacial score (nSPS) is 41.6. The van der Waals surface area contributed by atoms with Crippen LogP contribution in [0.2, 0.25) is 58.9 Å². The van der Waals surface area contributed by atoms with Gasteiger partial charge in [0.2, 0.25) is 0 Å². The van der Waals surface area contributed by atoms with Crippen LogP contribution in [0.15, 0.2) is 0 Å². The zero-order chi connectivity index (χ0) is 27.6. The molecule has 7 heteroatoms. The molecule has 4 aliphatic rings. The molecule has 0 spiro atoms. The van der Waals surface area contributed by atoms with E-state index in [9.17, 15) is 4.79 Å². The van der Waals surface area contributed by atoms with Crippen molar-refractivity contribution >= 4 is 30.7 Å². The van der Waals surface area contributed by atoms with Gasteiger partial charge in [-0.1, -0.05) is 13.8 Å². The van der Waals surface area contributed by atoms with Crippen LogP contribution in [0.5, 0.6) is 0 Å². The second-order valence-corrected chi connectivity index (χ2v) is 30.1. The lowest BCUT2D eigenvalue weighted by molar-refractivity contribution is -0.163. The Hall–Kier alpha value is 0.201. The molecular weight excluding hydrogens is 509 g/mol. The highest BCUT2D eigenvalue weighted by Crippen LogP contribution is 2.67. The molecular formula is C30H58O4Si3. The standard InChI is InChI=1S/C30H58O4Si3/c1-29-17-16-22(33-36(6,7)8)18-21(29)12-13-23-24-14-15-25(30(24,2)19-26(31)28(23)29)27(34-37(9,10)11)20-32-35(3,4)5/h21-25,27-28H,12-20H2,1-11H3. The van der Waals surface area contributed by atoms with Gasteiger partial charge in [0.1, 0.15) is 5.78 Å². The van der Waals surface area contributed by atoms with Crippen molar-refractivity contribution in [2.45, 2.75) is 136 Å². The first-order valence-electron chi connectivity index (χ1n) is 15.3. The third-order valence-electron chi connectivity index (χ3n) is 10.5. The largest absolute Gasteiger partial charge is 0.415 e. The van der Waals surface area contributed by atoms with E-state index < -0.39 is 25.0 Å². The van der Waals surface area contributed by atoms with E-state index in [1.165, 1.54) is 32.1 Å². The fourth-order valence-electron chi connectivity index (χ4n) is 9.31. The molecule has 4 aliphatic carbocycles. The number of Topliss-reactive ketones (excluding diaryl/α,β-unsaturated/α-hetero) is 1. The van der Waals surface area contributed by atoms with E-state index in [1.807, 2.05) is 0 Å². The van der Waals surface area contributed by atoms with Crippen LogP contribution >= 0.6 is 0 Å².